The third-order valence-electron chi connectivity index (χ3n) is 4.41. The Morgan fingerprint density at radius 1 is 0.824 bits per heavy atom. The summed E-state index contributed by atoms with van der Waals surface area (Å²) in [5, 5.41) is 0. The van der Waals surface area contributed by atoms with Gasteiger partial charge in [-0.25, -0.2) is 4.39 Å². The van der Waals surface area contributed by atoms with E-state index >= 15 is 0 Å². The summed E-state index contributed by atoms with van der Waals surface area (Å²) in [6.07, 6.45) is 6.69. The van der Waals surface area contributed by atoms with Crippen molar-refractivity contribution in [3.8, 4) is 0 Å². The Kier molecular flexibility index (Phi) is 2.51. The van der Waals surface area contributed by atoms with Crippen LogP contribution in [0, 0.1) is 0 Å². The standard InChI is InChI=1S/C15H20FN/c16-14(8-2-1-3-9-14)12-4-6-13(7-5-12)15(17)10-11-15/h4-7H,1-3,8-11,17H2. The van der Waals surface area contributed by atoms with Gasteiger partial charge < -0.3 is 5.73 Å². The van der Waals surface area contributed by atoms with E-state index in [0.29, 0.717) is 12.8 Å². The molecule has 0 saturated heterocycles. The Hall–Kier alpha value is -0.890. The van der Waals surface area contributed by atoms with E-state index in [1.165, 1.54) is 12.0 Å². The maximum atomic E-state index is 14.7. The fourth-order valence-electron chi connectivity index (χ4n) is 2.93. The van der Waals surface area contributed by atoms with Crippen molar-refractivity contribution in [3.05, 3.63) is 35.4 Å². The molecule has 0 bridgehead atoms. The van der Waals surface area contributed by atoms with Crippen molar-refractivity contribution in [2.75, 3.05) is 0 Å². The van der Waals surface area contributed by atoms with Crippen LogP contribution in [0.25, 0.3) is 0 Å². The molecule has 17 heavy (non-hydrogen) atoms. The second kappa shape index (κ2) is 3.81. The largest absolute Gasteiger partial charge is 0.321 e. The molecule has 0 unspecified atom stereocenters. The van der Waals surface area contributed by atoms with Crippen molar-refractivity contribution in [1.29, 1.82) is 0 Å². The molecule has 0 aliphatic heterocycles. The molecule has 0 amide bonds. The molecular formula is C15H20FN. The summed E-state index contributed by atoms with van der Waals surface area (Å²) in [7, 11) is 0. The van der Waals surface area contributed by atoms with Gasteiger partial charge >= 0.3 is 0 Å². The lowest BCUT2D eigenvalue weighted by Gasteiger charge is -2.30. The first-order valence-corrected chi connectivity index (χ1v) is 6.71. The number of hydrogen-bond acceptors (Lipinski definition) is 1. The maximum absolute atomic E-state index is 14.7. The van der Waals surface area contributed by atoms with E-state index in [1.807, 2.05) is 24.3 Å². The lowest BCUT2D eigenvalue weighted by molar-refractivity contribution is 0.106. The number of alkyl halides is 1. The third-order valence-corrected chi connectivity index (χ3v) is 4.41. The number of rotatable bonds is 2. The van der Waals surface area contributed by atoms with Gasteiger partial charge in [-0.2, -0.15) is 0 Å². The topological polar surface area (TPSA) is 26.0 Å². The minimum absolute atomic E-state index is 0.103. The predicted molar refractivity (Wildman–Crippen MR) is 67.4 cm³/mol. The van der Waals surface area contributed by atoms with Crippen LogP contribution < -0.4 is 5.73 Å². The summed E-state index contributed by atoms with van der Waals surface area (Å²) >= 11 is 0. The average Bonchev–Trinajstić information content (AvgIpc) is 3.10. The molecule has 0 spiro atoms. The van der Waals surface area contributed by atoms with Crippen molar-refractivity contribution in [2.45, 2.75) is 56.2 Å². The monoisotopic (exact) mass is 233 g/mol. The molecular weight excluding hydrogens is 213 g/mol. The van der Waals surface area contributed by atoms with Crippen LogP contribution >= 0.6 is 0 Å². The zero-order valence-electron chi connectivity index (χ0n) is 10.2. The number of nitrogens with two attached hydrogens (primary N) is 1. The van der Waals surface area contributed by atoms with Crippen molar-refractivity contribution in [1.82, 2.24) is 0 Å². The molecule has 0 heterocycles. The summed E-state index contributed by atoms with van der Waals surface area (Å²) in [5.74, 6) is 0. The van der Waals surface area contributed by atoms with Gasteiger partial charge in [-0.15, -0.1) is 0 Å². The fraction of sp³-hybridized carbons (Fsp3) is 0.600. The number of benzene rings is 1. The van der Waals surface area contributed by atoms with Crippen LogP contribution in [-0.4, -0.2) is 0 Å². The van der Waals surface area contributed by atoms with Crippen molar-refractivity contribution >= 4 is 0 Å². The lowest BCUT2D eigenvalue weighted by atomic mass is 9.81. The zero-order chi connectivity index (χ0) is 11.9. The normalized spacial score (nSPS) is 25.5. The summed E-state index contributed by atoms with van der Waals surface area (Å²) in [6, 6.07) is 7.96. The van der Waals surface area contributed by atoms with Gasteiger partial charge in [0.15, 0.2) is 0 Å². The van der Waals surface area contributed by atoms with E-state index in [9.17, 15) is 4.39 Å². The Balaban J connectivity index is 1.83. The molecule has 92 valence electrons. The van der Waals surface area contributed by atoms with Crippen molar-refractivity contribution in [2.24, 2.45) is 5.73 Å². The molecule has 2 aliphatic rings. The molecule has 2 aliphatic carbocycles. The molecule has 1 aromatic carbocycles. The molecule has 2 N–H and O–H groups in total. The molecule has 2 saturated carbocycles. The van der Waals surface area contributed by atoms with Crippen LogP contribution in [0.1, 0.15) is 56.1 Å². The molecule has 3 rings (SSSR count). The van der Waals surface area contributed by atoms with Crippen LogP contribution in [0.15, 0.2) is 24.3 Å². The van der Waals surface area contributed by atoms with Crippen LogP contribution in [-0.2, 0) is 11.2 Å². The molecule has 0 atom stereocenters. The Bertz CT molecular complexity index is 399. The van der Waals surface area contributed by atoms with E-state index < -0.39 is 5.67 Å². The second-order valence-corrected chi connectivity index (χ2v) is 5.76. The molecule has 0 aromatic heterocycles. The van der Waals surface area contributed by atoms with Gasteiger partial charge in [0, 0.05) is 5.54 Å². The lowest BCUT2D eigenvalue weighted by Crippen LogP contribution is -2.24. The van der Waals surface area contributed by atoms with Crippen LogP contribution in [0.4, 0.5) is 4.39 Å². The van der Waals surface area contributed by atoms with Gasteiger partial charge in [0.25, 0.3) is 0 Å². The van der Waals surface area contributed by atoms with Gasteiger partial charge in [0.1, 0.15) is 5.67 Å². The second-order valence-electron chi connectivity index (χ2n) is 5.76. The Morgan fingerprint density at radius 2 is 1.35 bits per heavy atom. The first-order valence-electron chi connectivity index (χ1n) is 6.71. The summed E-state index contributed by atoms with van der Waals surface area (Å²) in [6.45, 7) is 0. The van der Waals surface area contributed by atoms with E-state index in [1.54, 1.807) is 0 Å². The molecule has 0 radical (unpaired) electrons. The van der Waals surface area contributed by atoms with Gasteiger partial charge in [0.05, 0.1) is 0 Å². The van der Waals surface area contributed by atoms with Crippen LogP contribution in [0.5, 0.6) is 0 Å². The van der Waals surface area contributed by atoms with Crippen molar-refractivity contribution < 1.29 is 4.39 Å². The van der Waals surface area contributed by atoms with E-state index in [-0.39, 0.29) is 5.54 Å². The summed E-state index contributed by atoms with van der Waals surface area (Å²) in [5.41, 5.74) is 6.97. The molecule has 1 nitrogen and oxygen atoms in total. The van der Waals surface area contributed by atoms with Gasteiger partial charge in [-0.3, -0.25) is 0 Å². The first-order chi connectivity index (χ1) is 8.12. The van der Waals surface area contributed by atoms with E-state index in [4.69, 9.17) is 5.73 Å². The van der Waals surface area contributed by atoms with Gasteiger partial charge in [0.2, 0.25) is 0 Å². The number of halogens is 1. The highest BCUT2D eigenvalue weighted by atomic mass is 19.1. The molecule has 1 aromatic rings. The number of hydrogen-bond donors (Lipinski definition) is 1. The van der Waals surface area contributed by atoms with Crippen LogP contribution in [0.3, 0.4) is 0 Å². The zero-order valence-corrected chi connectivity index (χ0v) is 10.2. The minimum atomic E-state index is -1.08. The Labute approximate surface area is 102 Å². The quantitative estimate of drug-likeness (QED) is 0.827. The first kappa shape index (κ1) is 11.2. The molecule has 2 fully saturated rings. The predicted octanol–water partition coefficient (Wildman–Crippen LogP) is 3.76. The summed E-state index contributed by atoms with van der Waals surface area (Å²) < 4.78 is 14.7. The average molecular weight is 233 g/mol. The van der Waals surface area contributed by atoms with Gasteiger partial charge in [-0.05, 0) is 49.7 Å². The SMILES string of the molecule is NC1(c2ccc(C3(F)CCCCC3)cc2)CC1. The highest BCUT2D eigenvalue weighted by Crippen LogP contribution is 2.44. The highest BCUT2D eigenvalue weighted by Gasteiger charge is 2.40. The van der Waals surface area contributed by atoms with Crippen LogP contribution in [0.2, 0.25) is 0 Å². The minimum Gasteiger partial charge on any atom is -0.321 e. The van der Waals surface area contributed by atoms with Gasteiger partial charge in [-0.1, -0.05) is 30.7 Å². The van der Waals surface area contributed by atoms with E-state index in [0.717, 1.165) is 31.2 Å². The molecule has 2 heteroatoms. The maximum Gasteiger partial charge on any atom is 0.136 e. The summed E-state index contributed by atoms with van der Waals surface area (Å²) in [4.78, 5) is 0. The smallest absolute Gasteiger partial charge is 0.136 e. The third kappa shape index (κ3) is 1.99. The Morgan fingerprint density at radius 3 is 1.88 bits per heavy atom. The highest BCUT2D eigenvalue weighted by molar-refractivity contribution is 5.34. The van der Waals surface area contributed by atoms with E-state index in [2.05, 4.69) is 0 Å². The van der Waals surface area contributed by atoms with Crippen molar-refractivity contribution in [3.63, 3.8) is 0 Å². The fourth-order valence-corrected chi connectivity index (χ4v) is 2.93.